The van der Waals surface area contributed by atoms with Gasteiger partial charge in [-0.2, -0.15) is 0 Å². The minimum absolute atomic E-state index is 0.239. The smallest absolute Gasteiger partial charge is 0.338 e. The van der Waals surface area contributed by atoms with Crippen LogP contribution in [-0.2, 0) is 11.2 Å². The molecule has 22 heavy (non-hydrogen) atoms. The Balaban J connectivity index is 2.07. The van der Waals surface area contributed by atoms with Crippen molar-refractivity contribution in [1.82, 2.24) is 0 Å². The Morgan fingerprint density at radius 1 is 1.18 bits per heavy atom. The highest BCUT2D eigenvalue weighted by Crippen LogP contribution is 2.28. The second kappa shape index (κ2) is 8.82. The van der Waals surface area contributed by atoms with Crippen LogP contribution in [0.2, 0.25) is 0 Å². The molecule has 0 heterocycles. The second-order valence-corrected chi connectivity index (χ2v) is 6.26. The summed E-state index contributed by atoms with van der Waals surface area (Å²) in [5.74, 6) is 0.539. The normalized spacial score (nSPS) is 16.6. The van der Waals surface area contributed by atoms with E-state index in [2.05, 4.69) is 11.4 Å². The van der Waals surface area contributed by atoms with E-state index in [-0.39, 0.29) is 5.97 Å². The Labute approximate surface area is 134 Å². The molecule has 0 saturated heterocycles. The van der Waals surface area contributed by atoms with Gasteiger partial charge in [-0.3, -0.25) is 0 Å². The molecule has 1 aliphatic carbocycles. The summed E-state index contributed by atoms with van der Waals surface area (Å²) in [4.78, 5) is 11.8. The maximum absolute atomic E-state index is 11.8. The molecule has 3 nitrogen and oxygen atoms in total. The number of hydrogen-bond acceptors (Lipinski definition) is 3. The van der Waals surface area contributed by atoms with Gasteiger partial charge in [0.1, 0.15) is 0 Å². The average Bonchev–Trinajstić information content (AvgIpc) is 2.50. The third-order valence-corrected chi connectivity index (χ3v) is 4.62. The summed E-state index contributed by atoms with van der Waals surface area (Å²) < 4.78 is 5.08. The van der Waals surface area contributed by atoms with Crippen LogP contribution in [0.5, 0.6) is 0 Å². The lowest BCUT2D eigenvalue weighted by molar-refractivity contribution is 0.0526. The lowest BCUT2D eigenvalue weighted by Crippen LogP contribution is -2.10. The van der Waals surface area contributed by atoms with E-state index in [9.17, 15) is 4.79 Å². The van der Waals surface area contributed by atoms with Crippen molar-refractivity contribution >= 4 is 11.7 Å². The van der Waals surface area contributed by atoms with Gasteiger partial charge in [-0.1, -0.05) is 51.0 Å². The Kier molecular flexibility index (Phi) is 6.75. The molecular formula is C19H29NO2. The van der Waals surface area contributed by atoms with Crippen LogP contribution >= 0.6 is 0 Å². The lowest BCUT2D eigenvalue weighted by Gasteiger charge is -2.21. The quantitative estimate of drug-likeness (QED) is 0.793. The first kappa shape index (κ1) is 16.9. The summed E-state index contributed by atoms with van der Waals surface area (Å²) in [7, 11) is 1.92. The van der Waals surface area contributed by atoms with Crippen molar-refractivity contribution in [2.24, 2.45) is 5.92 Å². The van der Waals surface area contributed by atoms with Gasteiger partial charge in [-0.15, -0.1) is 0 Å². The van der Waals surface area contributed by atoms with Crippen molar-refractivity contribution in [2.45, 2.75) is 58.3 Å². The van der Waals surface area contributed by atoms with Crippen molar-refractivity contribution in [1.29, 1.82) is 0 Å². The van der Waals surface area contributed by atoms with Crippen LogP contribution in [0, 0.1) is 5.92 Å². The highest BCUT2D eigenvalue weighted by molar-refractivity contribution is 5.90. The first-order chi connectivity index (χ1) is 10.7. The fourth-order valence-electron chi connectivity index (χ4n) is 3.38. The average molecular weight is 303 g/mol. The predicted molar refractivity (Wildman–Crippen MR) is 91.5 cm³/mol. The molecule has 1 aromatic rings. The van der Waals surface area contributed by atoms with Gasteiger partial charge >= 0.3 is 5.97 Å². The number of ether oxygens (including phenoxy) is 1. The fourth-order valence-corrected chi connectivity index (χ4v) is 3.38. The largest absolute Gasteiger partial charge is 0.462 e. The molecule has 0 spiro atoms. The van der Waals surface area contributed by atoms with Crippen LogP contribution in [0.25, 0.3) is 0 Å². The van der Waals surface area contributed by atoms with Crippen LogP contribution in [0.15, 0.2) is 18.2 Å². The fraction of sp³-hybridized carbons (Fsp3) is 0.632. The molecule has 122 valence electrons. The highest BCUT2D eigenvalue weighted by Gasteiger charge is 2.15. The maximum Gasteiger partial charge on any atom is 0.338 e. The van der Waals surface area contributed by atoms with Crippen molar-refractivity contribution < 1.29 is 9.53 Å². The molecule has 0 aromatic heterocycles. The molecule has 0 atom stereocenters. The molecular weight excluding hydrogens is 274 g/mol. The topological polar surface area (TPSA) is 38.3 Å². The van der Waals surface area contributed by atoms with Gasteiger partial charge in [0.15, 0.2) is 0 Å². The van der Waals surface area contributed by atoms with Gasteiger partial charge in [0.25, 0.3) is 0 Å². The number of carbonyl (C=O) groups is 1. The first-order valence-corrected chi connectivity index (χ1v) is 8.72. The summed E-state index contributed by atoms with van der Waals surface area (Å²) in [6, 6.07) is 5.92. The molecule has 1 N–H and O–H groups in total. The van der Waals surface area contributed by atoms with Gasteiger partial charge in [0.2, 0.25) is 0 Å². The number of carbonyl (C=O) groups excluding carboxylic acids is 1. The van der Waals surface area contributed by atoms with Crippen molar-refractivity contribution in [2.75, 3.05) is 19.0 Å². The minimum atomic E-state index is -0.239. The van der Waals surface area contributed by atoms with E-state index in [0.29, 0.717) is 12.2 Å². The number of esters is 1. The summed E-state index contributed by atoms with van der Waals surface area (Å²) in [5.41, 5.74) is 3.02. The van der Waals surface area contributed by atoms with Crippen LogP contribution in [0.4, 0.5) is 5.69 Å². The molecule has 1 saturated carbocycles. The van der Waals surface area contributed by atoms with E-state index in [4.69, 9.17) is 4.74 Å². The molecule has 3 heteroatoms. The standard InChI is InChI=1S/C19H29NO2/c1-3-22-19(21)17-12-11-16(18(14-17)20-2)13-15-9-7-5-4-6-8-10-15/h11-12,14-15,20H,3-10,13H2,1-2H3. The van der Waals surface area contributed by atoms with E-state index in [1.165, 1.54) is 50.5 Å². The van der Waals surface area contributed by atoms with Gasteiger partial charge in [0, 0.05) is 12.7 Å². The number of benzene rings is 1. The molecule has 0 bridgehead atoms. The number of anilines is 1. The van der Waals surface area contributed by atoms with Crippen LogP contribution in [-0.4, -0.2) is 19.6 Å². The maximum atomic E-state index is 11.8. The lowest BCUT2D eigenvalue weighted by atomic mass is 9.86. The van der Waals surface area contributed by atoms with Gasteiger partial charge in [-0.05, 0) is 37.0 Å². The molecule has 0 amide bonds. The zero-order valence-corrected chi connectivity index (χ0v) is 14.0. The van der Waals surface area contributed by atoms with E-state index in [1.807, 2.05) is 26.1 Å². The van der Waals surface area contributed by atoms with Crippen LogP contribution in [0.1, 0.15) is 67.8 Å². The van der Waals surface area contributed by atoms with Crippen molar-refractivity contribution in [3.63, 3.8) is 0 Å². The number of hydrogen-bond donors (Lipinski definition) is 1. The third-order valence-electron chi connectivity index (χ3n) is 4.62. The van der Waals surface area contributed by atoms with E-state index >= 15 is 0 Å². The Hall–Kier alpha value is -1.51. The Bertz CT molecular complexity index is 476. The molecule has 2 rings (SSSR count). The molecule has 1 aliphatic rings. The van der Waals surface area contributed by atoms with E-state index in [0.717, 1.165) is 18.0 Å². The van der Waals surface area contributed by atoms with E-state index in [1.54, 1.807) is 0 Å². The van der Waals surface area contributed by atoms with Gasteiger partial charge in [0.05, 0.1) is 12.2 Å². The molecule has 0 radical (unpaired) electrons. The SMILES string of the molecule is CCOC(=O)c1ccc(CC2CCCCCCC2)c(NC)c1. The zero-order valence-electron chi connectivity index (χ0n) is 14.0. The molecule has 0 unspecified atom stereocenters. The van der Waals surface area contributed by atoms with Crippen molar-refractivity contribution in [3.8, 4) is 0 Å². The first-order valence-electron chi connectivity index (χ1n) is 8.72. The monoisotopic (exact) mass is 303 g/mol. The van der Waals surface area contributed by atoms with Gasteiger partial charge in [-0.25, -0.2) is 4.79 Å². The summed E-state index contributed by atoms with van der Waals surface area (Å²) in [6.07, 6.45) is 10.7. The predicted octanol–water partition coefficient (Wildman–Crippen LogP) is 4.81. The van der Waals surface area contributed by atoms with Crippen molar-refractivity contribution in [3.05, 3.63) is 29.3 Å². The minimum Gasteiger partial charge on any atom is -0.462 e. The Morgan fingerprint density at radius 3 is 2.50 bits per heavy atom. The van der Waals surface area contributed by atoms with E-state index < -0.39 is 0 Å². The Morgan fingerprint density at radius 2 is 1.86 bits per heavy atom. The molecule has 0 aliphatic heterocycles. The third kappa shape index (κ3) is 4.75. The number of rotatable bonds is 5. The van der Waals surface area contributed by atoms with Crippen LogP contribution < -0.4 is 5.32 Å². The molecule has 1 fully saturated rings. The summed E-state index contributed by atoms with van der Waals surface area (Å²) in [6.45, 7) is 2.25. The van der Waals surface area contributed by atoms with Crippen LogP contribution in [0.3, 0.4) is 0 Å². The highest BCUT2D eigenvalue weighted by atomic mass is 16.5. The zero-order chi connectivity index (χ0) is 15.8. The van der Waals surface area contributed by atoms with Gasteiger partial charge < -0.3 is 10.1 Å². The second-order valence-electron chi connectivity index (χ2n) is 6.26. The number of nitrogens with one attached hydrogen (secondary N) is 1. The summed E-state index contributed by atoms with van der Waals surface area (Å²) in [5, 5.41) is 3.24. The summed E-state index contributed by atoms with van der Waals surface area (Å²) >= 11 is 0. The molecule has 1 aromatic carbocycles.